The number of nitrogen functional groups attached to an aromatic ring is 1. The Kier molecular flexibility index (Phi) is 4.15. The Morgan fingerprint density at radius 2 is 1.71 bits per heavy atom. The van der Waals surface area contributed by atoms with Crippen LogP contribution in [0.4, 0.5) is 24.5 Å². The fraction of sp³-hybridized carbons (Fsp3) is 0. The van der Waals surface area contributed by atoms with Gasteiger partial charge in [0, 0.05) is 10.5 Å². The fourth-order valence-electron chi connectivity index (χ4n) is 1.60. The third-order valence-electron chi connectivity index (χ3n) is 2.48. The lowest BCUT2D eigenvalue weighted by molar-refractivity contribution is 0.548. The first-order valence-electron chi connectivity index (χ1n) is 5.43. The van der Waals surface area contributed by atoms with Gasteiger partial charge < -0.3 is 5.73 Å². The molecule has 0 atom stereocenters. The average molecular weight is 381 g/mol. The van der Waals surface area contributed by atoms with Gasteiger partial charge in [0.05, 0.1) is 11.4 Å². The second-order valence-corrected chi connectivity index (χ2v) is 6.51. The molecule has 9 heteroatoms. The molecular weight excluding hydrogens is 373 g/mol. The largest absolute Gasteiger partial charge is 0.396 e. The highest BCUT2D eigenvalue weighted by Crippen LogP contribution is 2.28. The lowest BCUT2D eigenvalue weighted by Crippen LogP contribution is -2.16. The predicted molar refractivity (Wildman–Crippen MR) is 75.7 cm³/mol. The van der Waals surface area contributed by atoms with E-state index < -0.39 is 32.4 Å². The van der Waals surface area contributed by atoms with Crippen molar-refractivity contribution in [1.82, 2.24) is 0 Å². The monoisotopic (exact) mass is 380 g/mol. The summed E-state index contributed by atoms with van der Waals surface area (Å²) in [6.45, 7) is 0. The van der Waals surface area contributed by atoms with E-state index in [4.69, 9.17) is 5.73 Å². The van der Waals surface area contributed by atoms with Gasteiger partial charge in [0.25, 0.3) is 10.0 Å². The zero-order valence-electron chi connectivity index (χ0n) is 10.2. The van der Waals surface area contributed by atoms with E-state index in [1.807, 2.05) is 4.72 Å². The van der Waals surface area contributed by atoms with Gasteiger partial charge in [-0.05, 0) is 40.2 Å². The first kappa shape index (κ1) is 15.6. The minimum absolute atomic E-state index is 0.0514. The number of nitrogens with one attached hydrogen (secondary N) is 1. The summed E-state index contributed by atoms with van der Waals surface area (Å²) in [4.78, 5) is -0.758. The van der Waals surface area contributed by atoms with Crippen molar-refractivity contribution >= 4 is 37.3 Å². The summed E-state index contributed by atoms with van der Waals surface area (Å²) >= 11 is 2.79. The summed E-state index contributed by atoms with van der Waals surface area (Å²) in [5.74, 6) is -2.90. The van der Waals surface area contributed by atoms with Crippen LogP contribution >= 0.6 is 15.9 Å². The van der Waals surface area contributed by atoms with Crippen molar-refractivity contribution in [3.8, 4) is 0 Å². The number of hydrogen-bond donors (Lipinski definition) is 2. The molecule has 3 N–H and O–H groups in total. The molecule has 0 aliphatic heterocycles. The molecular formula is C12H8BrF3N2O2S. The Labute approximate surface area is 127 Å². The van der Waals surface area contributed by atoms with Crippen LogP contribution in [0.5, 0.6) is 0 Å². The SMILES string of the molecule is Nc1cc(NS(=O)(=O)c2c(F)cc(F)cc2Br)ccc1F. The maximum atomic E-state index is 13.7. The van der Waals surface area contributed by atoms with Crippen LogP contribution in [-0.4, -0.2) is 8.42 Å². The van der Waals surface area contributed by atoms with E-state index in [1.165, 1.54) is 0 Å². The van der Waals surface area contributed by atoms with Crippen LogP contribution in [0.1, 0.15) is 0 Å². The van der Waals surface area contributed by atoms with Gasteiger partial charge in [-0.2, -0.15) is 0 Å². The van der Waals surface area contributed by atoms with Gasteiger partial charge in [0.2, 0.25) is 0 Å². The fourth-order valence-corrected chi connectivity index (χ4v) is 3.82. The van der Waals surface area contributed by atoms with E-state index in [-0.39, 0.29) is 15.8 Å². The molecule has 0 unspecified atom stereocenters. The van der Waals surface area contributed by atoms with E-state index in [0.717, 1.165) is 24.3 Å². The van der Waals surface area contributed by atoms with Gasteiger partial charge in [0.15, 0.2) is 0 Å². The Hall–Kier alpha value is -1.74. The Balaban J connectivity index is 2.46. The number of rotatable bonds is 3. The Morgan fingerprint density at radius 3 is 2.29 bits per heavy atom. The second kappa shape index (κ2) is 5.57. The van der Waals surface area contributed by atoms with Crippen LogP contribution in [0.25, 0.3) is 0 Å². The second-order valence-electron chi connectivity index (χ2n) is 4.04. The molecule has 0 amide bonds. The summed E-state index contributed by atoms with van der Waals surface area (Å²) < 4.78 is 65.7. The molecule has 0 aromatic heterocycles. The highest BCUT2D eigenvalue weighted by Gasteiger charge is 2.24. The van der Waals surface area contributed by atoms with Crippen molar-refractivity contribution in [3.63, 3.8) is 0 Å². The van der Waals surface area contributed by atoms with Crippen molar-refractivity contribution in [2.24, 2.45) is 0 Å². The van der Waals surface area contributed by atoms with Crippen LogP contribution < -0.4 is 10.5 Å². The minimum Gasteiger partial charge on any atom is -0.396 e. The van der Waals surface area contributed by atoms with E-state index in [9.17, 15) is 21.6 Å². The standard InChI is InChI=1S/C12H8BrF3N2O2S/c13-8-3-6(14)4-10(16)12(8)21(19,20)18-7-1-2-9(15)11(17)5-7/h1-5,18H,17H2. The zero-order chi connectivity index (χ0) is 15.8. The first-order chi connectivity index (χ1) is 9.70. The molecule has 0 fully saturated rings. The molecule has 0 aliphatic carbocycles. The molecule has 0 saturated carbocycles. The lowest BCUT2D eigenvalue weighted by atomic mass is 10.3. The van der Waals surface area contributed by atoms with Crippen LogP contribution in [-0.2, 0) is 10.0 Å². The molecule has 0 spiro atoms. The third kappa shape index (κ3) is 3.30. The molecule has 112 valence electrons. The Morgan fingerprint density at radius 1 is 1.05 bits per heavy atom. The topological polar surface area (TPSA) is 72.2 Å². The summed E-state index contributed by atoms with van der Waals surface area (Å²) in [6, 6.07) is 4.39. The normalized spacial score (nSPS) is 11.4. The van der Waals surface area contributed by atoms with Crippen molar-refractivity contribution in [2.75, 3.05) is 10.5 Å². The van der Waals surface area contributed by atoms with Crippen molar-refractivity contribution in [3.05, 3.63) is 52.3 Å². The number of hydrogen-bond acceptors (Lipinski definition) is 3. The maximum Gasteiger partial charge on any atom is 0.265 e. The number of anilines is 2. The molecule has 0 saturated heterocycles. The number of nitrogens with two attached hydrogens (primary N) is 1. The van der Waals surface area contributed by atoms with Crippen LogP contribution in [0.3, 0.4) is 0 Å². The number of benzene rings is 2. The first-order valence-corrected chi connectivity index (χ1v) is 7.71. The summed E-state index contributed by atoms with van der Waals surface area (Å²) in [7, 11) is -4.34. The van der Waals surface area contributed by atoms with Gasteiger partial charge in [-0.25, -0.2) is 21.6 Å². The summed E-state index contributed by atoms with van der Waals surface area (Å²) in [5, 5.41) is 0. The van der Waals surface area contributed by atoms with Gasteiger partial charge in [-0.3, -0.25) is 4.72 Å². The van der Waals surface area contributed by atoms with Crippen molar-refractivity contribution < 1.29 is 21.6 Å². The molecule has 4 nitrogen and oxygen atoms in total. The predicted octanol–water partition coefficient (Wildman–Crippen LogP) is 3.25. The molecule has 0 aliphatic rings. The maximum absolute atomic E-state index is 13.7. The van der Waals surface area contributed by atoms with Crippen LogP contribution in [0.15, 0.2) is 39.7 Å². The molecule has 0 heterocycles. The van der Waals surface area contributed by atoms with Crippen LogP contribution in [0.2, 0.25) is 0 Å². The quantitative estimate of drug-likeness (QED) is 0.802. The van der Waals surface area contributed by atoms with E-state index >= 15 is 0 Å². The molecule has 21 heavy (non-hydrogen) atoms. The number of sulfonamides is 1. The summed E-state index contributed by atoms with van der Waals surface area (Å²) in [6.07, 6.45) is 0. The third-order valence-corrected chi connectivity index (χ3v) is 4.82. The smallest absolute Gasteiger partial charge is 0.265 e. The summed E-state index contributed by atoms with van der Waals surface area (Å²) in [5.41, 5.74) is 4.99. The van der Waals surface area contributed by atoms with Gasteiger partial charge in [0.1, 0.15) is 22.3 Å². The minimum atomic E-state index is -4.34. The van der Waals surface area contributed by atoms with Gasteiger partial charge >= 0.3 is 0 Å². The van der Waals surface area contributed by atoms with Crippen molar-refractivity contribution in [1.29, 1.82) is 0 Å². The highest BCUT2D eigenvalue weighted by atomic mass is 79.9. The van der Waals surface area contributed by atoms with Gasteiger partial charge in [-0.1, -0.05) is 0 Å². The molecule has 0 radical (unpaired) electrons. The van der Waals surface area contributed by atoms with E-state index in [1.54, 1.807) is 0 Å². The number of halogens is 4. The van der Waals surface area contributed by atoms with E-state index in [2.05, 4.69) is 15.9 Å². The molecule has 2 rings (SSSR count). The molecule has 0 bridgehead atoms. The average Bonchev–Trinajstić information content (AvgIpc) is 2.31. The van der Waals surface area contributed by atoms with Crippen molar-refractivity contribution in [2.45, 2.75) is 4.90 Å². The van der Waals surface area contributed by atoms with E-state index in [0.29, 0.717) is 6.07 Å². The van der Waals surface area contributed by atoms with Gasteiger partial charge in [-0.15, -0.1) is 0 Å². The lowest BCUT2D eigenvalue weighted by Gasteiger charge is -2.11. The Bertz CT molecular complexity index is 789. The zero-order valence-corrected chi connectivity index (χ0v) is 12.6. The highest BCUT2D eigenvalue weighted by molar-refractivity contribution is 9.10. The molecule has 2 aromatic rings. The van der Waals surface area contributed by atoms with Crippen LogP contribution in [0, 0.1) is 17.5 Å². The molecule has 2 aromatic carbocycles.